The Kier molecular flexibility index (Phi) is 6.34. The van der Waals surface area contributed by atoms with Crippen molar-refractivity contribution in [2.45, 2.75) is 71.3 Å². The number of hydrazone groups is 1. The first kappa shape index (κ1) is 19.2. The molecule has 1 aromatic carbocycles. The van der Waals surface area contributed by atoms with Crippen LogP contribution in [-0.2, 0) is 10.2 Å². The summed E-state index contributed by atoms with van der Waals surface area (Å²) < 4.78 is 0. The standard InChI is InChI=1S/C20H29N3O2/c1-14(13-18(24)21-17-7-5-6-8-17)22-23-19(25)15-9-11-16(12-10-15)20(2,3)4/h9-12,17H,5-8,13H2,1-4H3,(H,21,24)(H,23,25)/b22-14+. The highest BCUT2D eigenvalue weighted by atomic mass is 16.2. The largest absolute Gasteiger partial charge is 0.353 e. The summed E-state index contributed by atoms with van der Waals surface area (Å²) in [5.41, 5.74) is 4.90. The summed E-state index contributed by atoms with van der Waals surface area (Å²) in [4.78, 5) is 24.1. The van der Waals surface area contributed by atoms with E-state index >= 15 is 0 Å². The van der Waals surface area contributed by atoms with Gasteiger partial charge in [0.1, 0.15) is 0 Å². The molecule has 0 aliphatic heterocycles. The molecule has 1 aliphatic carbocycles. The molecule has 0 saturated heterocycles. The van der Waals surface area contributed by atoms with Gasteiger partial charge in [0.15, 0.2) is 0 Å². The van der Waals surface area contributed by atoms with Crippen LogP contribution in [0.3, 0.4) is 0 Å². The molecule has 0 atom stereocenters. The van der Waals surface area contributed by atoms with Crippen LogP contribution in [0.15, 0.2) is 29.4 Å². The summed E-state index contributed by atoms with van der Waals surface area (Å²) in [6.07, 6.45) is 4.69. The van der Waals surface area contributed by atoms with E-state index in [1.165, 1.54) is 18.4 Å². The first-order valence-electron chi connectivity index (χ1n) is 8.99. The maximum atomic E-state index is 12.2. The minimum absolute atomic E-state index is 0.0306. The Bertz CT molecular complexity index is 636. The molecule has 0 bridgehead atoms. The zero-order valence-electron chi connectivity index (χ0n) is 15.7. The van der Waals surface area contributed by atoms with Crippen LogP contribution >= 0.6 is 0 Å². The van der Waals surface area contributed by atoms with Crippen LogP contribution in [0.1, 0.15) is 75.7 Å². The first-order valence-corrected chi connectivity index (χ1v) is 8.99. The summed E-state index contributed by atoms with van der Waals surface area (Å²) in [6.45, 7) is 8.14. The molecule has 5 heteroatoms. The van der Waals surface area contributed by atoms with Crippen LogP contribution in [0, 0.1) is 0 Å². The number of hydrogen-bond donors (Lipinski definition) is 2. The SMILES string of the molecule is C/C(CC(=O)NC1CCCC1)=N\NC(=O)c1ccc(C(C)(C)C)cc1. The van der Waals surface area contributed by atoms with E-state index in [1.807, 2.05) is 12.1 Å². The quantitative estimate of drug-likeness (QED) is 0.634. The smallest absolute Gasteiger partial charge is 0.271 e. The average molecular weight is 343 g/mol. The van der Waals surface area contributed by atoms with Crippen LogP contribution in [0.25, 0.3) is 0 Å². The van der Waals surface area contributed by atoms with Gasteiger partial charge in [0.2, 0.25) is 5.91 Å². The van der Waals surface area contributed by atoms with Crippen molar-refractivity contribution >= 4 is 17.5 Å². The van der Waals surface area contributed by atoms with Gasteiger partial charge >= 0.3 is 0 Å². The van der Waals surface area contributed by atoms with E-state index in [9.17, 15) is 9.59 Å². The summed E-state index contributed by atoms with van der Waals surface area (Å²) in [5, 5.41) is 7.06. The van der Waals surface area contributed by atoms with E-state index in [0.717, 1.165) is 12.8 Å². The molecular weight excluding hydrogens is 314 g/mol. The van der Waals surface area contributed by atoms with Gasteiger partial charge in [0.05, 0.1) is 6.42 Å². The molecule has 5 nitrogen and oxygen atoms in total. The molecule has 0 aromatic heterocycles. The van der Waals surface area contributed by atoms with Gasteiger partial charge in [0, 0.05) is 17.3 Å². The molecule has 1 fully saturated rings. The Morgan fingerprint density at radius 3 is 2.28 bits per heavy atom. The zero-order chi connectivity index (χ0) is 18.4. The van der Waals surface area contributed by atoms with E-state index in [4.69, 9.17) is 0 Å². The van der Waals surface area contributed by atoms with Crippen molar-refractivity contribution < 1.29 is 9.59 Å². The van der Waals surface area contributed by atoms with Gasteiger partial charge in [-0.25, -0.2) is 5.43 Å². The van der Waals surface area contributed by atoms with Crippen molar-refractivity contribution in [3.05, 3.63) is 35.4 Å². The fourth-order valence-corrected chi connectivity index (χ4v) is 2.95. The lowest BCUT2D eigenvalue weighted by molar-refractivity contribution is -0.120. The second kappa shape index (κ2) is 8.28. The molecule has 136 valence electrons. The number of nitrogens with zero attached hydrogens (tertiary/aromatic N) is 1. The van der Waals surface area contributed by atoms with E-state index < -0.39 is 0 Å². The van der Waals surface area contributed by atoms with Crippen molar-refractivity contribution in [2.75, 3.05) is 0 Å². The normalized spacial score (nSPS) is 15.9. The van der Waals surface area contributed by atoms with E-state index in [-0.39, 0.29) is 23.7 Å². The van der Waals surface area contributed by atoms with Crippen LogP contribution in [0.4, 0.5) is 0 Å². The van der Waals surface area contributed by atoms with Crippen LogP contribution in [0.2, 0.25) is 0 Å². The third kappa shape index (κ3) is 6.00. The second-order valence-electron chi connectivity index (χ2n) is 7.84. The third-order valence-corrected chi connectivity index (χ3v) is 4.50. The summed E-state index contributed by atoms with van der Waals surface area (Å²) in [7, 11) is 0. The van der Waals surface area contributed by atoms with Crippen molar-refractivity contribution in [1.82, 2.24) is 10.7 Å². The predicted octanol–water partition coefficient (Wildman–Crippen LogP) is 3.54. The Morgan fingerprint density at radius 2 is 1.72 bits per heavy atom. The van der Waals surface area contributed by atoms with Crippen molar-refractivity contribution in [3.8, 4) is 0 Å². The number of nitrogens with one attached hydrogen (secondary N) is 2. The number of benzene rings is 1. The molecule has 2 amide bonds. The maximum Gasteiger partial charge on any atom is 0.271 e. The van der Waals surface area contributed by atoms with Crippen LogP contribution in [0.5, 0.6) is 0 Å². The molecule has 0 radical (unpaired) electrons. The highest BCUT2D eigenvalue weighted by Crippen LogP contribution is 2.22. The number of carbonyl (C=O) groups is 2. The summed E-state index contributed by atoms with van der Waals surface area (Å²) in [6, 6.07) is 7.82. The van der Waals surface area contributed by atoms with Gasteiger partial charge in [-0.15, -0.1) is 0 Å². The molecule has 1 aromatic rings. The molecule has 2 rings (SSSR count). The Morgan fingerprint density at radius 1 is 1.12 bits per heavy atom. The minimum Gasteiger partial charge on any atom is -0.353 e. The van der Waals surface area contributed by atoms with Gasteiger partial charge in [0.25, 0.3) is 5.91 Å². The monoisotopic (exact) mass is 343 g/mol. The van der Waals surface area contributed by atoms with Crippen molar-refractivity contribution in [3.63, 3.8) is 0 Å². The highest BCUT2D eigenvalue weighted by Gasteiger charge is 2.17. The fraction of sp³-hybridized carbons (Fsp3) is 0.550. The van der Waals surface area contributed by atoms with Gasteiger partial charge in [-0.3, -0.25) is 9.59 Å². The number of amides is 2. The number of hydrogen-bond acceptors (Lipinski definition) is 3. The van der Waals surface area contributed by atoms with Gasteiger partial charge in [-0.1, -0.05) is 45.7 Å². The first-order chi connectivity index (χ1) is 11.8. The van der Waals surface area contributed by atoms with Gasteiger partial charge in [-0.2, -0.15) is 5.10 Å². The lowest BCUT2D eigenvalue weighted by Gasteiger charge is -2.18. The van der Waals surface area contributed by atoms with Crippen molar-refractivity contribution in [2.24, 2.45) is 5.10 Å². The Labute approximate surface area is 150 Å². The highest BCUT2D eigenvalue weighted by molar-refractivity contribution is 6.01. The van der Waals surface area contributed by atoms with E-state index in [2.05, 4.69) is 36.6 Å². The van der Waals surface area contributed by atoms with E-state index in [0.29, 0.717) is 17.3 Å². The molecule has 2 N–H and O–H groups in total. The number of carbonyl (C=O) groups excluding carboxylic acids is 2. The second-order valence-corrected chi connectivity index (χ2v) is 7.84. The molecular formula is C20H29N3O2. The Balaban J connectivity index is 1.84. The summed E-state index contributed by atoms with van der Waals surface area (Å²) in [5.74, 6) is -0.298. The summed E-state index contributed by atoms with van der Waals surface area (Å²) >= 11 is 0. The average Bonchev–Trinajstić information content (AvgIpc) is 3.04. The van der Waals surface area contributed by atoms with Crippen molar-refractivity contribution in [1.29, 1.82) is 0 Å². The lowest BCUT2D eigenvalue weighted by atomic mass is 9.87. The molecule has 0 heterocycles. The van der Waals surface area contributed by atoms with Crippen LogP contribution < -0.4 is 10.7 Å². The molecule has 1 saturated carbocycles. The van der Waals surface area contributed by atoms with Gasteiger partial charge in [-0.05, 0) is 42.9 Å². The maximum absolute atomic E-state index is 12.2. The zero-order valence-corrected chi connectivity index (χ0v) is 15.7. The van der Waals surface area contributed by atoms with E-state index in [1.54, 1.807) is 19.1 Å². The van der Waals surface area contributed by atoms with Gasteiger partial charge < -0.3 is 5.32 Å². The molecule has 1 aliphatic rings. The molecule has 25 heavy (non-hydrogen) atoms. The fourth-order valence-electron chi connectivity index (χ4n) is 2.95. The Hall–Kier alpha value is -2.17. The molecule has 0 spiro atoms. The third-order valence-electron chi connectivity index (χ3n) is 4.50. The minimum atomic E-state index is -0.268. The molecule has 0 unspecified atom stereocenters. The topological polar surface area (TPSA) is 70.6 Å². The van der Waals surface area contributed by atoms with Crippen LogP contribution in [-0.4, -0.2) is 23.6 Å². The lowest BCUT2D eigenvalue weighted by Crippen LogP contribution is -2.33. The number of rotatable bonds is 5. The predicted molar refractivity (Wildman–Crippen MR) is 101 cm³/mol.